The molecule has 2 aromatic heterocycles. The van der Waals surface area contributed by atoms with E-state index in [0.29, 0.717) is 0 Å². The molecular weight excluding hydrogens is 314 g/mol. The molecule has 0 unspecified atom stereocenters. The number of para-hydroxylation sites is 1. The van der Waals surface area contributed by atoms with Gasteiger partial charge < -0.3 is 10.1 Å². The van der Waals surface area contributed by atoms with Crippen LogP contribution in [0.5, 0.6) is 5.75 Å². The van der Waals surface area contributed by atoms with E-state index < -0.39 is 0 Å². The second kappa shape index (κ2) is 5.52. The molecule has 1 aliphatic rings. The number of aryl methyl sites for hydroxylation is 1. The lowest BCUT2D eigenvalue weighted by atomic mass is 9.93. The Morgan fingerprint density at radius 1 is 1.23 bits per heavy atom. The zero-order valence-electron chi connectivity index (χ0n) is 12.5. The van der Waals surface area contributed by atoms with Gasteiger partial charge in [-0.1, -0.05) is 24.3 Å². The van der Waals surface area contributed by atoms with Crippen molar-refractivity contribution in [2.24, 2.45) is 5.92 Å². The number of fused-ring (bicyclic) bond motifs is 2. The van der Waals surface area contributed by atoms with Crippen LogP contribution in [0.25, 0.3) is 10.2 Å². The molecule has 22 heavy (non-hydrogen) atoms. The number of ether oxygens (including phenoxy) is 1. The van der Waals surface area contributed by atoms with Crippen LogP contribution >= 0.6 is 22.7 Å². The molecule has 3 aromatic rings. The average molecular weight is 331 g/mol. The monoisotopic (exact) mass is 331 g/mol. The highest BCUT2D eigenvalue weighted by Crippen LogP contribution is 2.36. The van der Waals surface area contributed by atoms with E-state index in [1.54, 1.807) is 29.8 Å². The summed E-state index contributed by atoms with van der Waals surface area (Å²) in [4.78, 5) is 10.8. The Hall–Kier alpha value is -1.66. The van der Waals surface area contributed by atoms with Crippen LogP contribution in [0.15, 0.2) is 18.2 Å². The van der Waals surface area contributed by atoms with Crippen LogP contribution in [0, 0.1) is 5.92 Å². The molecule has 1 aliphatic carbocycles. The fraction of sp³-hybridized carbons (Fsp3) is 0.375. The van der Waals surface area contributed by atoms with Gasteiger partial charge >= 0.3 is 0 Å². The minimum absolute atomic E-state index is 0.771. The van der Waals surface area contributed by atoms with Gasteiger partial charge in [0.25, 0.3) is 0 Å². The van der Waals surface area contributed by atoms with Crippen molar-refractivity contribution in [1.82, 2.24) is 9.97 Å². The van der Waals surface area contributed by atoms with Gasteiger partial charge in [-0.2, -0.15) is 0 Å². The fourth-order valence-electron chi connectivity index (χ4n) is 2.83. The summed E-state index contributed by atoms with van der Waals surface area (Å²) in [6.45, 7) is 2.32. The zero-order valence-corrected chi connectivity index (χ0v) is 14.2. The summed E-state index contributed by atoms with van der Waals surface area (Å²) < 4.78 is 6.49. The van der Waals surface area contributed by atoms with Crippen molar-refractivity contribution >= 4 is 43.2 Å². The number of nitrogens with one attached hydrogen (secondary N) is 1. The fourth-order valence-corrected chi connectivity index (χ4v) is 4.94. The Bertz CT molecular complexity index is 824. The molecule has 0 bridgehead atoms. The number of anilines is 2. The molecule has 0 spiro atoms. The van der Waals surface area contributed by atoms with E-state index in [4.69, 9.17) is 9.72 Å². The van der Waals surface area contributed by atoms with Gasteiger partial charge in [-0.05, 0) is 37.3 Å². The highest BCUT2D eigenvalue weighted by Gasteiger charge is 2.20. The number of hydrogen-bond donors (Lipinski definition) is 1. The van der Waals surface area contributed by atoms with E-state index in [9.17, 15) is 0 Å². The summed E-state index contributed by atoms with van der Waals surface area (Å²) >= 11 is 3.40. The van der Waals surface area contributed by atoms with Crippen LogP contribution in [0.2, 0.25) is 0 Å². The lowest BCUT2D eigenvalue weighted by molar-refractivity contribution is 0.419. The highest BCUT2D eigenvalue weighted by atomic mass is 32.1. The van der Waals surface area contributed by atoms with E-state index in [1.807, 2.05) is 12.1 Å². The second-order valence-electron chi connectivity index (χ2n) is 5.69. The molecule has 1 N–H and O–H groups in total. The lowest BCUT2D eigenvalue weighted by Crippen LogP contribution is -2.09. The molecule has 114 valence electrons. The van der Waals surface area contributed by atoms with Crippen LogP contribution in [-0.4, -0.2) is 17.1 Å². The molecule has 4 nitrogen and oxygen atoms in total. The van der Waals surface area contributed by atoms with Gasteiger partial charge in [-0.15, -0.1) is 11.3 Å². The number of hydrogen-bond acceptors (Lipinski definition) is 6. The SMILES string of the molecule is COc1cccc2sc(Nc3nc4c(s3)C[C@@H](C)CC4)nc12. The molecule has 0 saturated carbocycles. The molecule has 1 aromatic carbocycles. The lowest BCUT2D eigenvalue weighted by Gasteiger charge is -2.15. The Labute approximate surface area is 137 Å². The van der Waals surface area contributed by atoms with E-state index in [0.717, 1.165) is 45.0 Å². The summed E-state index contributed by atoms with van der Waals surface area (Å²) in [6, 6.07) is 6.00. The third-order valence-corrected chi connectivity index (χ3v) is 5.97. The maximum absolute atomic E-state index is 5.37. The second-order valence-corrected chi connectivity index (χ2v) is 7.80. The predicted molar refractivity (Wildman–Crippen MR) is 92.8 cm³/mol. The van der Waals surface area contributed by atoms with Gasteiger partial charge in [-0.3, -0.25) is 0 Å². The molecule has 2 heterocycles. The molecule has 0 saturated heterocycles. The van der Waals surface area contributed by atoms with Crippen molar-refractivity contribution in [2.75, 3.05) is 12.4 Å². The smallest absolute Gasteiger partial charge is 0.190 e. The standard InChI is InChI=1S/C16H17N3OS2/c1-9-6-7-10-13(8-9)22-15(17-10)19-16-18-14-11(20-2)4-3-5-12(14)21-16/h3-5,9H,6-8H2,1-2H3,(H,17,18,19)/t9-/m0/s1. The van der Waals surface area contributed by atoms with E-state index in [2.05, 4.69) is 23.3 Å². The van der Waals surface area contributed by atoms with Crippen molar-refractivity contribution in [3.05, 3.63) is 28.8 Å². The number of thiazole rings is 2. The molecule has 4 rings (SSSR count). The number of nitrogens with zero attached hydrogens (tertiary/aromatic N) is 2. The Balaban J connectivity index is 1.64. The topological polar surface area (TPSA) is 47.0 Å². The van der Waals surface area contributed by atoms with Gasteiger partial charge in [0, 0.05) is 4.88 Å². The maximum Gasteiger partial charge on any atom is 0.190 e. The van der Waals surface area contributed by atoms with Gasteiger partial charge in [0.05, 0.1) is 17.5 Å². The van der Waals surface area contributed by atoms with Crippen molar-refractivity contribution in [3.8, 4) is 5.75 Å². The van der Waals surface area contributed by atoms with Crippen molar-refractivity contribution in [2.45, 2.75) is 26.2 Å². The van der Waals surface area contributed by atoms with E-state index in [1.165, 1.54) is 17.0 Å². The van der Waals surface area contributed by atoms with Gasteiger partial charge in [0.15, 0.2) is 10.3 Å². The minimum Gasteiger partial charge on any atom is -0.494 e. The normalized spacial score (nSPS) is 17.5. The third kappa shape index (κ3) is 2.46. The Kier molecular flexibility index (Phi) is 3.50. The first kappa shape index (κ1) is 14.0. The molecule has 0 aliphatic heterocycles. The molecule has 6 heteroatoms. The number of methoxy groups -OCH3 is 1. The summed E-state index contributed by atoms with van der Waals surface area (Å²) in [5.74, 6) is 1.58. The first-order chi connectivity index (χ1) is 10.7. The average Bonchev–Trinajstić information content (AvgIpc) is 3.09. The first-order valence-corrected chi connectivity index (χ1v) is 9.05. The molecule has 0 amide bonds. The molecule has 1 atom stereocenters. The quantitative estimate of drug-likeness (QED) is 0.760. The summed E-state index contributed by atoms with van der Waals surface area (Å²) in [6.07, 6.45) is 3.50. The summed E-state index contributed by atoms with van der Waals surface area (Å²) in [5.41, 5.74) is 2.18. The van der Waals surface area contributed by atoms with Crippen LogP contribution in [0.1, 0.15) is 23.9 Å². The van der Waals surface area contributed by atoms with E-state index in [-0.39, 0.29) is 0 Å². The van der Waals surface area contributed by atoms with Crippen LogP contribution < -0.4 is 10.1 Å². The van der Waals surface area contributed by atoms with Gasteiger partial charge in [-0.25, -0.2) is 9.97 Å². The number of benzene rings is 1. The maximum atomic E-state index is 5.37. The molecule has 0 fully saturated rings. The summed E-state index contributed by atoms with van der Waals surface area (Å²) in [7, 11) is 1.68. The number of aromatic nitrogens is 2. The van der Waals surface area contributed by atoms with Crippen LogP contribution in [-0.2, 0) is 12.8 Å². The Morgan fingerprint density at radius 3 is 2.95 bits per heavy atom. The van der Waals surface area contributed by atoms with Crippen LogP contribution in [0.3, 0.4) is 0 Å². The Morgan fingerprint density at radius 2 is 2.09 bits per heavy atom. The highest BCUT2D eigenvalue weighted by molar-refractivity contribution is 7.22. The van der Waals surface area contributed by atoms with Crippen molar-refractivity contribution < 1.29 is 4.74 Å². The largest absolute Gasteiger partial charge is 0.494 e. The van der Waals surface area contributed by atoms with Gasteiger partial charge in [0.2, 0.25) is 0 Å². The molecular formula is C16H17N3OS2. The summed E-state index contributed by atoms with van der Waals surface area (Å²) in [5, 5.41) is 5.21. The first-order valence-electron chi connectivity index (χ1n) is 7.42. The zero-order chi connectivity index (χ0) is 15.1. The van der Waals surface area contributed by atoms with Gasteiger partial charge in [0.1, 0.15) is 11.3 Å². The third-order valence-electron chi connectivity index (χ3n) is 4.00. The number of rotatable bonds is 3. The van der Waals surface area contributed by atoms with E-state index >= 15 is 0 Å². The predicted octanol–water partition coefficient (Wildman–Crippen LogP) is 4.63. The van der Waals surface area contributed by atoms with Crippen molar-refractivity contribution in [1.29, 1.82) is 0 Å². The van der Waals surface area contributed by atoms with Crippen molar-refractivity contribution in [3.63, 3.8) is 0 Å². The minimum atomic E-state index is 0.771. The molecule has 0 radical (unpaired) electrons. The van der Waals surface area contributed by atoms with Crippen LogP contribution in [0.4, 0.5) is 10.3 Å².